The molecule has 0 saturated carbocycles. The van der Waals surface area contributed by atoms with Gasteiger partial charge in [0.05, 0.1) is 24.7 Å². The van der Waals surface area contributed by atoms with Gasteiger partial charge in [-0.05, 0) is 6.07 Å². The molecule has 0 fully saturated rings. The summed E-state index contributed by atoms with van der Waals surface area (Å²) < 4.78 is 9.72. The quantitative estimate of drug-likeness (QED) is 0.661. The number of anilines is 2. The lowest BCUT2D eigenvalue weighted by Gasteiger charge is -2.07. The molecule has 2 heterocycles. The Balaban J connectivity index is 2.31. The van der Waals surface area contributed by atoms with E-state index in [2.05, 4.69) is 20.4 Å². The van der Waals surface area contributed by atoms with Crippen LogP contribution < -0.4 is 10.6 Å². The minimum absolute atomic E-state index is 0.271. The summed E-state index contributed by atoms with van der Waals surface area (Å²) in [5.41, 5.74) is 1.86. The largest absolute Gasteiger partial charge is 0.464 e. The first-order chi connectivity index (χ1) is 7.31. The highest BCUT2D eigenvalue weighted by atomic mass is 16.5. The van der Waals surface area contributed by atoms with E-state index in [1.165, 1.54) is 7.11 Å². The maximum Gasteiger partial charge on any atom is 0.356 e. The zero-order valence-corrected chi connectivity index (χ0v) is 8.24. The molecule has 0 saturated heterocycles. The number of aromatic nitrogens is 1. The van der Waals surface area contributed by atoms with Crippen molar-refractivity contribution in [2.75, 3.05) is 31.2 Å². The lowest BCUT2D eigenvalue weighted by atomic mass is 10.3. The van der Waals surface area contributed by atoms with E-state index in [4.69, 9.17) is 4.74 Å². The number of nitrogens with one attached hydrogen (secondary N) is 2. The van der Waals surface area contributed by atoms with E-state index >= 15 is 0 Å². The van der Waals surface area contributed by atoms with Gasteiger partial charge in [0.1, 0.15) is 13.5 Å². The molecule has 2 rings (SSSR count). The number of hydrogen-bond donors (Lipinski definition) is 2. The van der Waals surface area contributed by atoms with Gasteiger partial charge in [-0.2, -0.15) is 0 Å². The highest BCUT2D eigenvalue weighted by Gasteiger charge is 2.12. The molecule has 0 aliphatic carbocycles. The number of ether oxygens (including phenoxy) is 2. The van der Waals surface area contributed by atoms with E-state index in [0.29, 0.717) is 13.5 Å². The van der Waals surface area contributed by atoms with Crippen LogP contribution in [0.3, 0.4) is 0 Å². The molecule has 1 aromatic rings. The van der Waals surface area contributed by atoms with Crippen molar-refractivity contribution in [1.82, 2.24) is 4.98 Å². The number of methoxy groups -OCH3 is 1. The number of carbonyl (C=O) groups excluding carboxylic acids is 1. The van der Waals surface area contributed by atoms with Crippen LogP contribution in [0.5, 0.6) is 0 Å². The number of pyridine rings is 1. The van der Waals surface area contributed by atoms with Crippen molar-refractivity contribution in [3.05, 3.63) is 18.0 Å². The van der Waals surface area contributed by atoms with Gasteiger partial charge in [0.2, 0.25) is 0 Å². The smallest absolute Gasteiger partial charge is 0.356 e. The third-order valence-corrected chi connectivity index (χ3v) is 2.03. The molecule has 6 nitrogen and oxygen atoms in total. The Labute approximate surface area is 86.6 Å². The van der Waals surface area contributed by atoms with Crippen molar-refractivity contribution >= 4 is 17.3 Å². The van der Waals surface area contributed by atoms with Crippen molar-refractivity contribution in [2.24, 2.45) is 0 Å². The highest BCUT2D eigenvalue weighted by Crippen LogP contribution is 2.22. The van der Waals surface area contributed by atoms with Crippen LogP contribution in [0.15, 0.2) is 12.3 Å². The van der Waals surface area contributed by atoms with E-state index in [-0.39, 0.29) is 5.69 Å². The first-order valence-electron chi connectivity index (χ1n) is 4.45. The maximum atomic E-state index is 11.2. The molecule has 80 valence electrons. The van der Waals surface area contributed by atoms with Gasteiger partial charge >= 0.3 is 5.97 Å². The molecule has 2 N–H and O–H groups in total. The molecular formula is C9H11N3O3. The Morgan fingerprint density at radius 3 is 2.93 bits per heavy atom. The van der Waals surface area contributed by atoms with E-state index in [0.717, 1.165) is 11.4 Å². The number of hydrogen-bond acceptors (Lipinski definition) is 6. The Kier molecular flexibility index (Phi) is 2.68. The molecule has 0 atom stereocenters. The second kappa shape index (κ2) is 4.14. The molecule has 6 heteroatoms. The van der Waals surface area contributed by atoms with Gasteiger partial charge in [0.15, 0.2) is 5.69 Å². The van der Waals surface area contributed by atoms with Crippen LogP contribution in [0.1, 0.15) is 10.5 Å². The topological polar surface area (TPSA) is 72.5 Å². The summed E-state index contributed by atoms with van der Waals surface area (Å²) in [6.07, 6.45) is 1.57. The predicted octanol–water partition coefficient (Wildman–Crippen LogP) is 0.637. The summed E-state index contributed by atoms with van der Waals surface area (Å²) in [5.74, 6) is -0.454. The first-order valence-corrected chi connectivity index (χ1v) is 4.45. The zero-order chi connectivity index (χ0) is 10.7. The minimum Gasteiger partial charge on any atom is -0.464 e. The van der Waals surface area contributed by atoms with Gasteiger partial charge in [0, 0.05) is 0 Å². The average molecular weight is 209 g/mol. The Morgan fingerprint density at radius 1 is 1.47 bits per heavy atom. The van der Waals surface area contributed by atoms with Gasteiger partial charge in [-0.25, -0.2) is 9.78 Å². The molecule has 0 bridgehead atoms. The second-order valence-electron chi connectivity index (χ2n) is 2.95. The normalized spacial score (nSPS) is 14.2. The van der Waals surface area contributed by atoms with E-state index < -0.39 is 5.97 Å². The fourth-order valence-corrected chi connectivity index (χ4v) is 1.27. The van der Waals surface area contributed by atoms with Crippen LogP contribution in [-0.4, -0.2) is 31.5 Å². The summed E-state index contributed by atoms with van der Waals surface area (Å²) >= 11 is 0. The van der Waals surface area contributed by atoms with Crippen molar-refractivity contribution in [1.29, 1.82) is 0 Å². The average Bonchev–Trinajstić information content (AvgIpc) is 2.51. The molecule has 15 heavy (non-hydrogen) atoms. The first kappa shape index (κ1) is 9.72. The van der Waals surface area contributed by atoms with Crippen molar-refractivity contribution in [3.8, 4) is 0 Å². The third-order valence-electron chi connectivity index (χ3n) is 2.03. The van der Waals surface area contributed by atoms with Crippen LogP contribution in [0.25, 0.3) is 0 Å². The molecule has 0 spiro atoms. The van der Waals surface area contributed by atoms with E-state index in [9.17, 15) is 4.79 Å². The highest BCUT2D eigenvalue weighted by molar-refractivity contribution is 5.89. The van der Waals surface area contributed by atoms with Gasteiger partial charge in [-0.1, -0.05) is 0 Å². The Hall–Kier alpha value is -1.82. The van der Waals surface area contributed by atoms with Crippen LogP contribution in [0.2, 0.25) is 0 Å². The maximum absolute atomic E-state index is 11.2. The molecule has 0 amide bonds. The Morgan fingerprint density at radius 2 is 2.20 bits per heavy atom. The summed E-state index contributed by atoms with van der Waals surface area (Å²) in [7, 11) is 1.32. The molecule has 0 radical (unpaired) electrons. The van der Waals surface area contributed by atoms with Crippen LogP contribution >= 0.6 is 0 Å². The fourth-order valence-electron chi connectivity index (χ4n) is 1.27. The molecule has 0 unspecified atom stereocenters. The van der Waals surface area contributed by atoms with Gasteiger partial charge in [0.25, 0.3) is 0 Å². The number of rotatable bonds is 1. The van der Waals surface area contributed by atoms with E-state index in [1.807, 2.05) is 0 Å². The zero-order valence-electron chi connectivity index (χ0n) is 8.24. The Bertz CT molecular complexity index is 381. The molecule has 1 aliphatic rings. The third kappa shape index (κ3) is 1.99. The van der Waals surface area contributed by atoms with Crippen molar-refractivity contribution in [2.45, 2.75) is 0 Å². The van der Waals surface area contributed by atoms with Gasteiger partial charge < -0.3 is 20.1 Å². The summed E-state index contributed by atoms with van der Waals surface area (Å²) in [4.78, 5) is 15.2. The predicted molar refractivity (Wildman–Crippen MR) is 53.6 cm³/mol. The van der Waals surface area contributed by atoms with Gasteiger partial charge in [-0.15, -0.1) is 0 Å². The lowest BCUT2D eigenvalue weighted by Crippen LogP contribution is -2.06. The van der Waals surface area contributed by atoms with Crippen LogP contribution in [0.4, 0.5) is 11.4 Å². The van der Waals surface area contributed by atoms with Crippen LogP contribution in [-0.2, 0) is 9.47 Å². The molecular weight excluding hydrogens is 198 g/mol. The summed E-state index contributed by atoms with van der Waals surface area (Å²) in [5, 5.41) is 6.02. The number of carbonyl (C=O) groups is 1. The fraction of sp³-hybridized carbons (Fsp3) is 0.333. The molecule has 1 aromatic heterocycles. The summed E-state index contributed by atoms with van der Waals surface area (Å²) in [6.45, 7) is 0.809. The SMILES string of the molecule is COC(=O)c1cc2c(cn1)NCOCN2. The standard InChI is InChI=1S/C9H11N3O3/c1-14-9(13)7-2-6-8(3-10-7)12-5-15-4-11-6/h2-3,11-12H,4-5H2,1H3. The van der Waals surface area contributed by atoms with Crippen molar-refractivity contribution < 1.29 is 14.3 Å². The monoisotopic (exact) mass is 209 g/mol. The number of esters is 1. The van der Waals surface area contributed by atoms with Crippen molar-refractivity contribution in [3.63, 3.8) is 0 Å². The lowest BCUT2D eigenvalue weighted by molar-refractivity contribution is 0.0594. The number of nitrogens with zero attached hydrogens (tertiary/aromatic N) is 1. The van der Waals surface area contributed by atoms with E-state index in [1.54, 1.807) is 12.3 Å². The number of fused-ring (bicyclic) bond motifs is 1. The molecule has 0 aromatic carbocycles. The second-order valence-corrected chi connectivity index (χ2v) is 2.95. The molecule has 1 aliphatic heterocycles. The van der Waals surface area contributed by atoms with Gasteiger partial charge in [-0.3, -0.25) is 0 Å². The summed E-state index contributed by atoms with van der Waals surface area (Å²) in [6, 6.07) is 1.63. The van der Waals surface area contributed by atoms with Crippen LogP contribution in [0, 0.1) is 0 Å². The minimum atomic E-state index is -0.454.